The summed E-state index contributed by atoms with van der Waals surface area (Å²) in [5.74, 6) is 0.456. The number of carbonyl (C=O) groups excluding carboxylic acids is 1. The molecule has 1 atom stereocenters. The van der Waals surface area contributed by atoms with Gasteiger partial charge in [0.1, 0.15) is 23.7 Å². The highest BCUT2D eigenvalue weighted by atomic mass is 16.5. The Hall–Kier alpha value is -3.14. The van der Waals surface area contributed by atoms with Crippen molar-refractivity contribution in [2.75, 3.05) is 13.1 Å². The van der Waals surface area contributed by atoms with E-state index in [4.69, 9.17) is 10.00 Å². The molecule has 1 aliphatic rings. The fourth-order valence-corrected chi connectivity index (χ4v) is 3.30. The van der Waals surface area contributed by atoms with E-state index in [0.717, 1.165) is 12.8 Å². The lowest BCUT2D eigenvalue weighted by Crippen LogP contribution is -2.41. The van der Waals surface area contributed by atoms with Crippen molar-refractivity contribution in [3.8, 4) is 11.8 Å². The van der Waals surface area contributed by atoms with Gasteiger partial charge in [-0.25, -0.2) is 4.98 Å². The molecule has 1 amide bonds. The second-order valence-electron chi connectivity index (χ2n) is 8.36. The third-order valence-corrected chi connectivity index (χ3v) is 5.07. The number of carbonyl (C=O) groups is 1. The molecule has 0 radical (unpaired) electrons. The summed E-state index contributed by atoms with van der Waals surface area (Å²) >= 11 is 0. The van der Waals surface area contributed by atoms with Crippen molar-refractivity contribution >= 4 is 5.91 Å². The zero-order chi connectivity index (χ0) is 21.0. The minimum atomic E-state index is -0.495. The molecule has 0 unspecified atom stereocenters. The Bertz CT molecular complexity index is 967. The van der Waals surface area contributed by atoms with Crippen LogP contribution in [0.1, 0.15) is 55.4 Å². The Morgan fingerprint density at radius 2 is 2.07 bits per heavy atom. The third-order valence-electron chi connectivity index (χ3n) is 5.07. The molecule has 1 aliphatic heterocycles. The first-order valence-electron chi connectivity index (χ1n) is 9.78. The predicted molar refractivity (Wildman–Crippen MR) is 109 cm³/mol. The first kappa shape index (κ1) is 20.6. The summed E-state index contributed by atoms with van der Waals surface area (Å²) in [6, 6.07) is 10.00. The highest BCUT2D eigenvalue weighted by Crippen LogP contribution is 2.24. The fraction of sp³-hybridized carbons (Fsp3) is 0.455. The molecular formula is C22H26N4O3. The Morgan fingerprint density at radius 3 is 2.69 bits per heavy atom. The van der Waals surface area contributed by atoms with Crippen molar-refractivity contribution < 1.29 is 9.53 Å². The van der Waals surface area contributed by atoms with Crippen LogP contribution in [0.5, 0.6) is 5.75 Å². The first-order valence-corrected chi connectivity index (χ1v) is 9.78. The summed E-state index contributed by atoms with van der Waals surface area (Å²) in [5.41, 5.74) is 0.762. The number of H-pyrrole nitrogens is 1. The Labute approximate surface area is 170 Å². The second-order valence-corrected chi connectivity index (χ2v) is 8.36. The molecule has 1 aromatic carbocycles. The molecule has 1 saturated heterocycles. The number of nitrogens with one attached hydrogen (secondary N) is 1. The number of aromatic nitrogens is 2. The van der Waals surface area contributed by atoms with E-state index in [1.165, 1.54) is 11.8 Å². The van der Waals surface area contributed by atoms with Gasteiger partial charge in [-0.3, -0.25) is 9.59 Å². The van der Waals surface area contributed by atoms with Crippen LogP contribution in [-0.4, -0.2) is 33.9 Å². The molecule has 2 aromatic rings. The molecule has 2 heterocycles. The SMILES string of the molecule is CC(C)(C)c1ccc(OCc2ncc(C(=O)N3CCC[C@@H](C#N)C3)c(=O)[nH]2)cc1. The van der Waals surface area contributed by atoms with Gasteiger partial charge in [0.2, 0.25) is 0 Å². The van der Waals surface area contributed by atoms with Gasteiger partial charge in [0.15, 0.2) is 0 Å². The number of aromatic amines is 1. The lowest BCUT2D eigenvalue weighted by Gasteiger charge is -2.29. The molecule has 1 fully saturated rings. The van der Waals surface area contributed by atoms with Crippen LogP contribution in [0.3, 0.4) is 0 Å². The topological polar surface area (TPSA) is 99.1 Å². The molecule has 0 aliphatic carbocycles. The number of benzene rings is 1. The maximum atomic E-state index is 12.6. The van der Waals surface area contributed by atoms with Gasteiger partial charge in [0.25, 0.3) is 11.5 Å². The van der Waals surface area contributed by atoms with Crippen LogP contribution in [0.4, 0.5) is 0 Å². The molecule has 7 nitrogen and oxygen atoms in total. The standard InChI is InChI=1S/C22H26N4O3/c1-22(2,3)16-6-8-17(9-7-16)29-14-19-24-12-18(20(27)25-19)21(28)26-10-4-5-15(11-23)13-26/h6-9,12,15H,4-5,10,13-14H2,1-3H3,(H,24,25,27)/t15-/m0/s1. The van der Waals surface area contributed by atoms with Crippen molar-refractivity contribution in [1.82, 2.24) is 14.9 Å². The summed E-state index contributed by atoms with van der Waals surface area (Å²) < 4.78 is 5.70. The van der Waals surface area contributed by atoms with E-state index in [-0.39, 0.29) is 29.4 Å². The minimum Gasteiger partial charge on any atom is -0.486 e. The van der Waals surface area contributed by atoms with Gasteiger partial charge in [0, 0.05) is 19.3 Å². The van der Waals surface area contributed by atoms with Crippen molar-refractivity contribution in [1.29, 1.82) is 5.26 Å². The number of likely N-dealkylation sites (tertiary alicyclic amines) is 1. The van der Waals surface area contributed by atoms with Gasteiger partial charge < -0.3 is 14.6 Å². The third kappa shape index (κ3) is 5.02. The van der Waals surface area contributed by atoms with Gasteiger partial charge >= 0.3 is 0 Å². The summed E-state index contributed by atoms with van der Waals surface area (Å²) in [7, 11) is 0. The molecule has 1 N–H and O–H groups in total. The Morgan fingerprint density at radius 1 is 1.34 bits per heavy atom. The van der Waals surface area contributed by atoms with Crippen molar-refractivity contribution in [3.63, 3.8) is 0 Å². The molecule has 152 valence electrons. The van der Waals surface area contributed by atoms with Crippen LogP contribution < -0.4 is 10.3 Å². The maximum Gasteiger partial charge on any atom is 0.263 e. The first-order chi connectivity index (χ1) is 13.8. The average Bonchev–Trinajstić information content (AvgIpc) is 2.71. The van der Waals surface area contributed by atoms with Gasteiger partial charge in [0.05, 0.1) is 12.0 Å². The maximum absolute atomic E-state index is 12.6. The van der Waals surface area contributed by atoms with E-state index >= 15 is 0 Å². The largest absolute Gasteiger partial charge is 0.486 e. The lowest BCUT2D eigenvalue weighted by molar-refractivity contribution is 0.0696. The van der Waals surface area contributed by atoms with Gasteiger partial charge in [-0.1, -0.05) is 32.9 Å². The van der Waals surface area contributed by atoms with Crippen molar-refractivity contribution in [3.05, 3.63) is 57.8 Å². The summed E-state index contributed by atoms with van der Waals surface area (Å²) in [6.07, 6.45) is 2.83. The van der Waals surface area contributed by atoms with Crippen LogP contribution in [-0.2, 0) is 12.0 Å². The molecule has 0 bridgehead atoms. The van der Waals surface area contributed by atoms with E-state index in [1.54, 1.807) is 4.90 Å². The molecule has 29 heavy (non-hydrogen) atoms. The predicted octanol–water partition coefficient (Wildman–Crippen LogP) is 3.02. The van der Waals surface area contributed by atoms with E-state index in [0.29, 0.717) is 24.7 Å². The van der Waals surface area contributed by atoms with Gasteiger partial charge in [-0.05, 0) is 36.0 Å². The van der Waals surface area contributed by atoms with E-state index in [1.807, 2.05) is 24.3 Å². The van der Waals surface area contributed by atoms with Gasteiger partial charge in [-0.15, -0.1) is 0 Å². The van der Waals surface area contributed by atoms with E-state index in [2.05, 4.69) is 36.8 Å². The van der Waals surface area contributed by atoms with Crippen molar-refractivity contribution in [2.24, 2.45) is 5.92 Å². The molecule has 0 saturated carbocycles. The Balaban J connectivity index is 1.64. The number of amides is 1. The van der Waals surface area contributed by atoms with Crippen LogP contribution >= 0.6 is 0 Å². The number of ether oxygens (including phenoxy) is 1. The highest BCUT2D eigenvalue weighted by Gasteiger charge is 2.26. The summed E-state index contributed by atoms with van der Waals surface area (Å²) in [5, 5.41) is 9.08. The smallest absolute Gasteiger partial charge is 0.263 e. The average molecular weight is 394 g/mol. The van der Waals surface area contributed by atoms with Crippen LogP contribution in [0.2, 0.25) is 0 Å². The number of rotatable bonds is 4. The number of nitrogens with zero attached hydrogens (tertiary/aromatic N) is 3. The van der Waals surface area contributed by atoms with Gasteiger partial charge in [-0.2, -0.15) is 5.26 Å². The molecular weight excluding hydrogens is 368 g/mol. The zero-order valence-corrected chi connectivity index (χ0v) is 17.1. The highest BCUT2D eigenvalue weighted by molar-refractivity contribution is 5.93. The molecule has 7 heteroatoms. The zero-order valence-electron chi connectivity index (χ0n) is 17.1. The fourth-order valence-electron chi connectivity index (χ4n) is 3.30. The minimum absolute atomic E-state index is 0.0122. The Kier molecular flexibility index (Phi) is 6.02. The molecule has 0 spiro atoms. The number of hydrogen-bond acceptors (Lipinski definition) is 5. The number of piperidine rings is 1. The molecule has 3 rings (SSSR count). The van der Waals surface area contributed by atoms with Crippen LogP contribution in [0, 0.1) is 17.2 Å². The number of hydrogen-bond donors (Lipinski definition) is 1. The lowest BCUT2D eigenvalue weighted by atomic mass is 9.87. The second kappa shape index (κ2) is 8.48. The molecule has 1 aromatic heterocycles. The summed E-state index contributed by atoms with van der Waals surface area (Å²) in [6.45, 7) is 7.43. The monoisotopic (exact) mass is 394 g/mol. The van der Waals surface area contributed by atoms with E-state index in [9.17, 15) is 9.59 Å². The normalized spacial score (nSPS) is 16.9. The van der Waals surface area contributed by atoms with Crippen LogP contribution in [0.25, 0.3) is 0 Å². The van der Waals surface area contributed by atoms with Crippen LogP contribution in [0.15, 0.2) is 35.3 Å². The quantitative estimate of drug-likeness (QED) is 0.859. The summed E-state index contributed by atoms with van der Waals surface area (Å²) in [4.78, 5) is 33.3. The number of nitriles is 1. The van der Waals surface area contributed by atoms with E-state index < -0.39 is 5.56 Å². The van der Waals surface area contributed by atoms with Crippen molar-refractivity contribution in [2.45, 2.75) is 45.6 Å².